The maximum atomic E-state index is 3.64. The molecule has 2 N–H and O–H groups in total. The molecule has 76 valence electrons. The Bertz CT molecular complexity index is 154. The molecule has 1 heterocycles. The number of hydrogen-bond acceptors (Lipinski definition) is 2. The third-order valence-electron chi connectivity index (χ3n) is 3.96. The van der Waals surface area contributed by atoms with Gasteiger partial charge in [-0.15, -0.1) is 0 Å². The first-order valence-electron chi connectivity index (χ1n) is 5.76. The Kier molecular flexibility index (Phi) is 2.89. The van der Waals surface area contributed by atoms with Crippen molar-refractivity contribution in [2.24, 2.45) is 11.3 Å². The standard InChI is InChI=1S/C11H22N2/c1-2-11(4-3-5-11)9-13-8-10-6-12-7-10/h10,12-13H,2-9H2,1H3. The molecule has 2 aliphatic rings. The van der Waals surface area contributed by atoms with Crippen LogP contribution in [0.3, 0.4) is 0 Å². The molecule has 13 heavy (non-hydrogen) atoms. The molecule has 0 aromatic carbocycles. The highest BCUT2D eigenvalue weighted by atomic mass is 15.0. The Balaban J connectivity index is 1.60. The minimum absolute atomic E-state index is 0.692. The molecule has 2 rings (SSSR count). The molecule has 2 nitrogen and oxygen atoms in total. The first-order valence-corrected chi connectivity index (χ1v) is 5.76. The van der Waals surface area contributed by atoms with Crippen LogP contribution in [-0.4, -0.2) is 26.2 Å². The van der Waals surface area contributed by atoms with Gasteiger partial charge in [-0.2, -0.15) is 0 Å². The van der Waals surface area contributed by atoms with Crippen LogP contribution in [0.1, 0.15) is 32.6 Å². The monoisotopic (exact) mass is 182 g/mol. The molecule has 0 unspecified atom stereocenters. The van der Waals surface area contributed by atoms with Crippen LogP contribution in [-0.2, 0) is 0 Å². The summed E-state index contributed by atoms with van der Waals surface area (Å²) in [5.41, 5.74) is 0.692. The zero-order valence-corrected chi connectivity index (χ0v) is 8.73. The fourth-order valence-corrected chi connectivity index (χ4v) is 2.37. The normalized spacial score (nSPS) is 26.5. The van der Waals surface area contributed by atoms with Crippen molar-refractivity contribution in [1.29, 1.82) is 0 Å². The molecule has 2 heteroatoms. The summed E-state index contributed by atoms with van der Waals surface area (Å²) in [6.07, 6.45) is 5.74. The fraction of sp³-hybridized carbons (Fsp3) is 1.00. The van der Waals surface area contributed by atoms with E-state index in [1.807, 2.05) is 0 Å². The fourth-order valence-electron chi connectivity index (χ4n) is 2.37. The molecule has 0 amide bonds. The van der Waals surface area contributed by atoms with Gasteiger partial charge in [-0.25, -0.2) is 0 Å². The predicted molar refractivity (Wildman–Crippen MR) is 55.8 cm³/mol. The summed E-state index contributed by atoms with van der Waals surface area (Å²) < 4.78 is 0. The van der Waals surface area contributed by atoms with Crippen molar-refractivity contribution in [3.8, 4) is 0 Å². The second kappa shape index (κ2) is 3.97. The second-order valence-electron chi connectivity index (χ2n) is 4.86. The highest BCUT2D eigenvalue weighted by Crippen LogP contribution is 2.42. The Labute approximate surface area is 81.5 Å². The van der Waals surface area contributed by atoms with Gasteiger partial charge in [0.05, 0.1) is 0 Å². The molecule has 0 bridgehead atoms. The van der Waals surface area contributed by atoms with Gasteiger partial charge in [-0.3, -0.25) is 0 Å². The van der Waals surface area contributed by atoms with Crippen LogP contribution in [0.15, 0.2) is 0 Å². The van der Waals surface area contributed by atoms with Gasteiger partial charge in [0.15, 0.2) is 0 Å². The molecule has 2 fully saturated rings. The predicted octanol–water partition coefficient (Wildman–Crippen LogP) is 1.38. The largest absolute Gasteiger partial charge is 0.316 e. The molecule has 1 saturated heterocycles. The number of hydrogen-bond donors (Lipinski definition) is 2. The summed E-state index contributed by atoms with van der Waals surface area (Å²) in [6.45, 7) is 7.29. The van der Waals surface area contributed by atoms with Crippen molar-refractivity contribution in [1.82, 2.24) is 10.6 Å². The minimum Gasteiger partial charge on any atom is -0.316 e. The van der Waals surface area contributed by atoms with Crippen molar-refractivity contribution in [2.75, 3.05) is 26.2 Å². The van der Waals surface area contributed by atoms with Gasteiger partial charge >= 0.3 is 0 Å². The van der Waals surface area contributed by atoms with Gasteiger partial charge < -0.3 is 10.6 Å². The van der Waals surface area contributed by atoms with E-state index in [1.54, 1.807) is 0 Å². The Morgan fingerprint density at radius 1 is 1.38 bits per heavy atom. The van der Waals surface area contributed by atoms with Crippen LogP contribution in [0.25, 0.3) is 0 Å². The van der Waals surface area contributed by atoms with E-state index in [-0.39, 0.29) is 0 Å². The number of rotatable bonds is 5. The van der Waals surface area contributed by atoms with Crippen molar-refractivity contribution in [2.45, 2.75) is 32.6 Å². The first kappa shape index (κ1) is 9.47. The Morgan fingerprint density at radius 2 is 2.15 bits per heavy atom. The van der Waals surface area contributed by atoms with E-state index >= 15 is 0 Å². The molecule has 0 aromatic rings. The lowest BCUT2D eigenvalue weighted by atomic mass is 9.67. The van der Waals surface area contributed by atoms with Crippen LogP contribution >= 0.6 is 0 Å². The van der Waals surface area contributed by atoms with E-state index in [0.29, 0.717) is 5.41 Å². The van der Waals surface area contributed by atoms with Crippen molar-refractivity contribution >= 4 is 0 Å². The summed E-state index contributed by atoms with van der Waals surface area (Å²) in [6, 6.07) is 0. The van der Waals surface area contributed by atoms with Gasteiger partial charge in [-0.1, -0.05) is 13.3 Å². The van der Waals surface area contributed by atoms with Gasteiger partial charge in [0.25, 0.3) is 0 Å². The molecule has 1 saturated carbocycles. The zero-order valence-electron chi connectivity index (χ0n) is 8.73. The highest BCUT2D eigenvalue weighted by Gasteiger charge is 2.34. The van der Waals surface area contributed by atoms with E-state index in [4.69, 9.17) is 0 Å². The average molecular weight is 182 g/mol. The van der Waals surface area contributed by atoms with Crippen molar-refractivity contribution in [3.63, 3.8) is 0 Å². The summed E-state index contributed by atoms with van der Waals surface area (Å²) >= 11 is 0. The SMILES string of the molecule is CCC1(CNCC2CNC2)CCC1. The Morgan fingerprint density at radius 3 is 2.54 bits per heavy atom. The zero-order chi connectivity index (χ0) is 9.15. The van der Waals surface area contributed by atoms with Crippen LogP contribution in [0.2, 0.25) is 0 Å². The summed E-state index contributed by atoms with van der Waals surface area (Å²) in [7, 11) is 0. The third kappa shape index (κ3) is 2.05. The van der Waals surface area contributed by atoms with Crippen LogP contribution < -0.4 is 10.6 Å². The summed E-state index contributed by atoms with van der Waals surface area (Å²) in [5, 5.41) is 6.95. The maximum absolute atomic E-state index is 3.64. The lowest BCUT2D eigenvalue weighted by Gasteiger charge is -2.42. The lowest BCUT2D eigenvalue weighted by molar-refractivity contribution is 0.120. The Hall–Kier alpha value is -0.0800. The van der Waals surface area contributed by atoms with Gasteiger partial charge in [0.1, 0.15) is 0 Å². The van der Waals surface area contributed by atoms with E-state index in [0.717, 1.165) is 5.92 Å². The lowest BCUT2D eigenvalue weighted by Crippen LogP contribution is -2.49. The molecule has 1 aliphatic heterocycles. The number of nitrogens with one attached hydrogen (secondary N) is 2. The highest BCUT2D eigenvalue weighted by molar-refractivity contribution is 4.89. The van der Waals surface area contributed by atoms with E-state index < -0.39 is 0 Å². The van der Waals surface area contributed by atoms with Crippen LogP contribution in [0.4, 0.5) is 0 Å². The molecule has 0 radical (unpaired) electrons. The molecule has 0 spiro atoms. The molecular formula is C11H22N2. The summed E-state index contributed by atoms with van der Waals surface area (Å²) in [5.74, 6) is 0.911. The first-order chi connectivity index (χ1) is 6.35. The minimum atomic E-state index is 0.692. The van der Waals surface area contributed by atoms with Crippen molar-refractivity contribution < 1.29 is 0 Å². The third-order valence-corrected chi connectivity index (χ3v) is 3.96. The molecule has 1 aliphatic carbocycles. The summed E-state index contributed by atoms with van der Waals surface area (Å²) in [4.78, 5) is 0. The average Bonchev–Trinajstić information content (AvgIpc) is 1.99. The van der Waals surface area contributed by atoms with E-state index in [9.17, 15) is 0 Å². The van der Waals surface area contributed by atoms with Gasteiger partial charge in [-0.05, 0) is 30.6 Å². The van der Waals surface area contributed by atoms with Crippen LogP contribution in [0, 0.1) is 11.3 Å². The van der Waals surface area contributed by atoms with E-state index in [2.05, 4.69) is 17.6 Å². The topological polar surface area (TPSA) is 24.1 Å². The van der Waals surface area contributed by atoms with Gasteiger partial charge in [0.2, 0.25) is 0 Å². The smallest absolute Gasteiger partial charge is 0.000784 e. The molecule has 0 aromatic heterocycles. The molecule has 0 atom stereocenters. The van der Waals surface area contributed by atoms with Crippen LogP contribution in [0.5, 0.6) is 0 Å². The molecular weight excluding hydrogens is 160 g/mol. The van der Waals surface area contributed by atoms with Gasteiger partial charge in [0, 0.05) is 26.2 Å². The second-order valence-corrected chi connectivity index (χ2v) is 4.86. The van der Waals surface area contributed by atoms with E-state index in [1.165, 1.54) is 51.9 Å². The maximum Gasteiger partial charge on any atom is 0.000784 e. The quantitative estimate of drug-likeness (QED) is 0.671. The van der Waals surface area contributed by atoms with Crippen molar-refractivity contribution in [3.05, 3.63) is 0 Å².